The Morgan fingerprint density at radius 1 is 1.48 bits per heavy atom. The minimum atomic E-state index is -0.0464. The van der Waals surface area contributed by atoms with E-state index in [1.165, 1.54) is 10.4 Å². The summed E-state index contributed by atoms with van der Waals surface area (Å²) in [5, 5.41) is 5.17. The minimum Gasteiger partial charge on any atom is -0.369 e. The number of carbonyl (C=O) groups excluding carboxylic acids is 1. The first-order chi connectivity index (χ1) is 10.2. The summed E-state index contributed by atoms with van der Waals surface area (Å²) in [6, 6.07) is 2.21. The zero-order chi connectivity index (χ0) is 14.8. The van der Waals surface area contributed by atoms with E-state index in [1.807, 2.05) is 11.8 Å². The van der Waals surface area contributed by atoms with Crippen LogP contribution in [0.4, 0.5) is 5.82 Å². The highest BCUT2D eigenvalue weighted by Gasteiger charge is 2.29. The van der Waals surface area contributed by atoms with Crippen LogP contribution in [0.5, 0.6) is 0 Å². The van der Waals surface area contributed by atoms with Gasteiger partial charge in [-0.05, 0) is 37.3 Å². The second kappa shape index (κ2) is 5.81. The molecule has 1 aliphatic heterocycles. The third-order valence-electron chi connectivity index (χ3n) is 3.77. The maximum Gasteiger partial charge on any atom is 0.274 e. The monoisotopic (exact) mass is 302 g/mol. The molecule has 21 heavy (non-hydrogen) atoms. The summed E-state index contributed by atoms with van der Waals surface area (Å²) in [5.41, 5.74) is 1.67. The normalized spacial score (nSPS) is 17.4. The Hall–Kier alpha value is -1.95. The fraction of sp³-hybridized carbons (Fsp3) is 0.400. The summed E-state index contributed by atoms with van der Waals surface area (Å²) >= 11 is 1.77. The average Bonchev–Trinajstić information content (AvgIpc) is 2.98. The lowest BCUT2D eigenvalue weighted by atomic mass is 10.0. The summed E-state index contributed by atoms with van der Waals surface area (Å²) < 4.78 is 0. The van der Waals surface area contributed by atoms with Crippen molar-refractivity contribution in [1.29, 1.82) is 0 Å². The van der Waals surface area contributed by atoms with Crippen LogP contribution in [0.3, 0.4) is 0 Å². The standard InChI is InChI=1S/C15H18N4OS/c1-3-16-14-9-17-12(8-18-14)15(20)19-6-4-13-11(10(19)2)5-7-21-13/h5,7-10H,3-4,6H2,1-2H3,(H,16,18). The second-order valence-electron chi connectivity index (χ2n) is 5.04. The molecular weight excluding hydrogens is 284 g/mol. The molecule has 0 saturated heterocycles. The summed E-state index contributed by atoms with van der Waals surface area (Å²) in [6.45, 7) is 5.59. The topological polar surface area (TPSA) is 58.1 Å². The Morgan fingerprint density at radius 3 is 3.05 bits per heavy atom. The number of nitrogens with zero attached hydrogens (tertiary/aromatic N) is 3. The van der Waals surface area contributed by atoms with E-state index in [9.17, 15) is 4.79 Å². The van der Waals surface area contributed by atoms with Gasteiger partial charge < -0.3 is 10.2 Å². The predicted octanol–water partition coefficient (Wildman–Crippen LogP) is 2.73. The maximum absolute atomic E-state index is 12.6. The van der Waals surface area contributed by atoms with Crippen LogP contribution in [0.15, 0.2) is 23.8 Å². The molecule has 3 heterocycles. The van der Waals surface area contributed by atoms with Gasteiger partial charge in [0.2, 0.25) is 0 Å². The fourth-order valence-corrected chi connectivity index (χ4v) is 3.61. The number of amides is 1. The van der Waals surface area contributed by atoms with E-state index in [4.69, 9.17) is 0 Å². The molecule has 6 heteroatoms. The van der Waals surface area contributed by atoms with Crippen LogP contribution in [-0.2, 0) is 6.42 Å². The molecule has 1 amide bonds. The number of aromatic nitrogens is 2. The third-order valence-corrected chi connectivity index (χ3v) is 4.76. The molecule has 1 atom stereocenters. The predicted molar refractivity (Wildman–Crippen MR) is 83.7 cm³/mol. The van der Waals surface area contributed by atoms with Crippen LogP contribution >= 0.6 is 11.3 Å². The van der Waals surface area contributed by atoms with E-state index in [0.717, 1.165) is 19.5 Å². The van der Waals surface area contributed by atoms with Gasteiger partial charge in [-0.2, -0.15) is 0 Å². The van der Waals surface area contributed by atoms with Crippen molar-refractivity contribution in [3.05, 3.63) is 40.0 Å². The lowest BCUT2D eigenvalue weighted by molar-refractivity contribution is 0.0673. The number of rotatable bonds is 3. The van der Waals surface area contributed by atoms with Crippen molar-refractivity contribution in [3.8, 4) is 0 Å². The molecule has 1 N–H and O–H groups in total. The number of thiophene rings is 1. The highest BCUT2D eigenvalue weighted by molar-refractivity contribution is 7.10. The van der Waals surface area contributed by atoms with Crippen LogP contribution in [0.2, 0.25) is 0 Å². The summed E-state index contributed by atoms with van der Waals surface area (Å²) in [4.78, 5) is 24.3. The van der Waals surface area contributed by atoms with Gasteiger partial charge >= 0.3 is 0 Å². The van der Waals surface area contributed by atoms with E-state index >= 15 is 0 Å². The van der Waals surface area contributed by atoms with Gasteiger partial charge in [0, 0.05) is 18.0 Å². The number of nitrogens with one attached hydrogen (secondary N) is 1. The summed E-state index contributed by atoms with van der Waals surface area (Å²) in [6.07, 6.45) is 4.09. The van der Waals surface area contributed by atoms with E-state index < -0.39 is 0 Å². The Bertz CT molecular complexity index is 637. The van der Waals surface area contributed by atoms with Crippen LogP contribution < -0.4 is 5.32 Å². The minimum absolute atomic E-state index is 0.0464. The summed E-state index contributed by atoms with van der Waals surface area (Å²) in [7, 11) is 0. The smallest absolute Gasteiger partial charge is 0.274 e. The van der Waals surface area contributed by atoms with E-state index in [0.29, 0.717) is 11.5 Å². The third kappa shape index (κ3) is 2.63. The van der Waals surface area contributed by atoms with Crippen molar-refractivity contribution in [3.63, 3.8) is 0 Å². The second-order valence-corrected chi connectivity index (χ2v) is 6.04. The zero-order valence-electron chi connectivity index (χ0n) is 12.2. The van der Waals surface area contributed by atoms with Crippen LogP contribution in [0.25, 0.3) is 0 Å². The Balaban J connectivity index is 1.79. The molecule has 2 aromatic heterocycles. The highest BCUT2D eigenvalue weighted by atomic mass is 32.1. The molecule has 0 saturated carbocycles. The Morgan fingerprint density at radius 2 is 2.33 bits per heavy atom. The molecule has 1 unspecified atom stereocenters. The van der Waals surface area contributed by atoms with Gasteiger partial charge in [0.15, 0.2) is 0 Å². The lowest BCUT2D eigenvalue weighted by Gasteiger charge is -2.33. The van der Waals surface area contributed by atoms with Crippen molar-refractivity contribution in [1.82, 2.24) is 14.9 Å². The number of hydrogen-bond acceptors (Lipinski definition) is 5. The molecule has 0 fully saturated rings. The zero-order valence-corrected chi connectivity index (χ0v) is 13.0. The van der Waals surface area contributed by atoms with Crippen LogP contribution in [0.1, 0.15) is 40.8 Å². The van der Waals surface area contributed by atoms with Crippen molar-refractivity contribution < 1.29 is 4.79 Å². The number of carbonyl (C=O) groups is 1. The van der Waals surface area contributed by atoms with Gasteiger partial charge in [-0.3, -0.25) is 4.79 Å². The highest BCUT2D eigenvalue weighted by Crippen LogP contribution is 2.33. The Kier molecular flexibility index (Phi) is 3.88. The van der Waals surface area contributed by atoms with Gasteiger partial charge in [-0.25, -0.2) is 9.97 Å². The molecule has 3 rings (SSSR count). The van der Waals surface area contributed by atoms with E-state index in [-0.39, 0.29) is 11.9 Å². The number of hydrogen-bond donors (Lipinski definition) is 1. The summed E-state index contributed by atoms with van der Waals surface area (Å²) in [5.74, 6) is 0.649. The van der Waals surface area contributed by atoms with Crippen LogP contribution in [0, 0.1) is 0 Å². The molecule has 1 aliphatic rings. The van der Waals surface area contributed by atoms with Gasteiger partial charge in [0.05, 0.1) is 18.4 Å². The molecule has 2 aromatic rings. The first-order valence-electron chi connectivity index (χ1n) is 7.14. The first kappa shape index (κ1) is 14.0. The Labute approximate surface area is 128 Å². The molecule has 0 bridgehead atoms. The lowest BCUT2D eigenvalue weighted by Crippen LogP contribution is -2.38. The van der Waals surface area contributed by atoms with E-state index in [1.54, 1.807) is 23.7 Å². The largest absolute Gasteiger partial charge is 0.369 e. The fourth-order valence-electron chi connectivity index (χ4n) is 2.64. The van der Waals surface area contributed by atoms with Gasteiger partial charge in [0.25, 0.3) is 5.91 Å². The van der Waals surface area contributed by atoms with Gasteiger partial charge in [0.1, 0.15) is 11.5 Å². The molecule has 110 valence electrons. The van der Waals surface area contributed by atoms with Crippen molar-refractivity contribution in [2.75, 3.05) is 18.4 Å². The van der Waals surface area contributed by atoms with Crippen LogP contribution in [-0.4, -0.2) is 33.9 Å². The molecule has 0 radical (unpaired) electrons. The number of fused-ring (bicyclic) bond motifs is 1. The quantitative estimate of drug-likeness (QED) is 0.947. The van der Waals surface area contributed by atoms with Crippen molar-refractivity contribution in [2.24, 2.45) is 0 Å². The first-order valence-corrected chi connectivity index (χ1v) is 8.01. The molecular formula is C15H18N4OS. The van der Waals surface area contributed by atoms with Gasteiger partial charge in [-0.1, -0.05) is 0 Å². The van der Waals surface area contributed by atoms with Crippen molar-refractivity contribution in [2.45, 2.75) is 26.3 Å². The van der Waals surface area contributed by atoms with Crippen molar-refractivity contribution >= 4 is 23.1 Å². The molecule has 5 nitrogen and oxygen atoms in total. The maximum atomic E-state index is 12.6. The SMILES string of the molecule is CCNc1cnc(C(=O)N2CCc3sccc3C2C)cn1. The average molecular weight is 302 g/mol. The number of anilines is 1. The van der Waals surface area contributed by atoms with Gasteiger partial charge in [-0.15, -0.1) is 11.3 Å². The molecule has 0 spiro atoms. The molecule has 0 aromatic carbocycles. The molecule has 0 aliphatic carbocycles. The van der Waals surface area contributed by atoms with E-state index in [2.05, 4.69) is 33.7 Å².